The Morgan fingerprint density at radius 2 is 2.04 bits per heavy atom. The van der Waals surface area contributed by atoms with E-state index in [1.807, 2.05) is 6.07 Å². The van der Waals surface area contributed by atoms with E-state index in [9.17, 15) is 4.79 Å². The summed E-state index contributed by atoms with van der Waals surface area (Å²) in [5.74, 6) is 1.22. The zero-order valence-corrected chi connectivity index (χ0v) is 15.9. The van der Waals surface area contributed by atoms with Crippen LogP contribution in [0.15, 0.2) is 52.1 Å². The van der Waals surface area contributed by atoms with E-state index in [2.05, 4.69) is 15.5 Å². The van der Waals surface area contributed by atoms with Crippen LogP contribution in [0, 0.1) is 11.3 Å². The molecule has 9 heteroatoms. The summed E-state index contributed by atoms with van der Waals surface area (Å²) in [6.45, 7) is 0. The highest BCUT2D eigenvalue weighted by molar-refractivity contribution is 7.99. The van der Waals surface area contributed by atoms with Crippen molar-refractivity contribution in [3.05, 3.63) is 48.0 Å². The van der Waals surface area contributed by atoms with Crippen molar-refractivity contribution in [1.29, 1.82) is 5.26 Å². The molecule has 142 valence electrons. The Balaban J connectivity index is 1.65. The molecular weight excluding hydrogens is 380 g/mol. The molecule has 1 amide bonds. The monoisotopic (exact) mass is 396 g/mol. The molecule has 0 saturated carbocycles. The molecule has 0 aliphatic rings. The molecule has 1 N–H and O–H groups in total. The first-order valence-corrected chi connectivity index (χ1v) is 9.11. The summed E-state index contributed by atoms with van der Waals surface area (Å²) < 4.78 is 16.1. The molecule has 2 aromatic carbocycles. The van der Waals surface area contributed by atoms with Crippen LogP contribution in [-0.4, -0.2) is 36.1 Å². The van der Waals surface area contributed by atoms with Gasteiger partial charge in [0, 0.05) is 6.07 Å². The first-order valence-electron chi connectivity index (χ1n) is 8.12. The number of nitrogens with one attached hydrogen (secondary N) is 1. The molecule has 3 aromatic rings. The van der Waals surface area contributed by atoms with Crippen molar-refractivity contribution in [2.75, 3.05) is 25.3 Å². The Morgan fingerprint density at radius 3 is 2.79 bits per heavy atom. The lowest BCUT2D eigenvalue weighted by molar-refractivity contribution is -0.113. The van der Waals surface area contributed by atoms with Crippen LogP contribution in [0.4, 0.5) is 5.69 Å². The molecule has 0 unspecified atom stereocenters. The Morgan fingerprint density at radius 1 is 1.21 bits per heavy atom. The number of carbonyl (C=O) groups excluding carboxylic acids is 1. The summed E-state index contributed by atoms with van der Waals surface area (Å²) in [6.07, 6.45) is 0. The molecule has 0 radical (unpaired) electrons. The lowest BCUT2D eigenvalue weighted by Gasteiger charge is -2.07. The van der Waals surface area contributed by atoms with Gasteiger partial charge in [-0.25, -0.2) is 0 Å². The van der Waals surface area contributed by atoms with Crippen LogP contribution in [0.3, 0.4) is 0 Å². The number of carbonyl (C=O) groups is 1. The third-order valence-corrected chi connectivity index (χ3v) is 4.51. The van der Waals surface area contributed by atoms with Gasteiger partial charge in [-0.05, 0) is 24.3 Å². The Bertz CT molecular complexity index is 1030. The molecule has 0 spiro atoms. The molecule has 1 heterocycles. The van der Waals surface area contributed by atoms with Gasteiger partial charge >= 0.3 is 0 Å². The predicted molar refractivity (Wildman–Crippen MR) is 103 cm³/mol. The molecule has 0 atom stereocenters. The quantitative estimate of drug-likeness (QED) is 0.605. The maximum absolute atomic E-state index is 12.1. The average Bonchev–Trinajstić information content (AvgIpc) is 3.21. The zero-order chi connectivity index (χ0) is 19.9. The van der Waals surface area contributed by atoms with E-state index in [1.54, 1.807) is 49.6 Å². The molecule has 0 saturated heterocycles. The third-order valence-electron chi connectivity index (χ3n) is 3.69. The highest BCUT2D eigenvalue weighted by Gasteiger charge is 2.16. The van der Waals surface area contributed by atoms with Crippen LogP contribution < -0.4 is 14.8 Å². The lowest BCUT2D eigenvalue weighted by Crippen LogP contribution is -2.14. The number of thioether (sulfide) groups is 1. The van der Waals surface area contributed by atoms with Crippen molar-refractivity contribution < 1.29 is 18.7 Å². The van der Waals surface area contributed by atoms with Crippen LogP contribution in [0.2, 0.25) is 0 Å². The van der Waals surface area contributed by atoms with Gasteiger partial charge in [0.25, 0.3) is 11.1 Å². The number of anilines is 1. The minimum Gasteiger partial charge on any atom is -0.497 e. The van der Waals surface area contributed by atoms with Crippen molar-refractivity contribution in [1.82, 2.24) is 10.2 Å². The van der Waals surface area contributed by atoms with E-state index in [0.717, 1.165) is 11.8 Å². The number of benzene rings is 2. The molecular formula is C19H16N4O4S. The highest BCUT2D eigenvalue weighted by Crippen LogP contribution is 2.33. The molecule has 0 aliphatic heterocycles. The third kappa shape index (κ3) is 4.42. The number of amides is 1. The molecule has 3 rings (SSSR count). The zero-order valence-electron chi connectivity index (χ0n) is 15.1. The summed E-state index contributed by atoms with van der Waals surface area (Å²) in [5.41, 5.74) is 1.48. The van der Waals surface area contributed by atoms with Gasteiger partial charge in [0.05, 0.1) is 36.8 Å². The highest BCUT2D eigenvalue weighted by atomic mass is 32.2. The summed E-state index contributed by atoms with van der Waals surface area (Å²) in [6, 6.07) is 14.0. The molecule has 0 aliphatic carbocycles. The Hall–Kier alpha value is -3.51. The van der Waals surface area contributed by atoms with Crippen molar-refractivity contribution in [2.24, 2.45) is 0 Å². The van der Waals surface area contributed by atoms with Crippen LogP contribution in [-0.2, 0) is 4.79 Å². The number of hydrogen-bond donors (Lipinski definition) is 1. The Kier molecular flexibility index (Phi) is 6.14. The number of rotatable bonds is 7. The van der Waals surface area contributed by atoms with Crippen LogP contribution in [0.5, 0.6) is 11.5 Å². The number of nitrogens with zero attached hydrogens (tertiary/aromatic N) is 3. The largest absolute Gasteiger partial charge is 0.497 e. The fourth-order valence-electron chi connectivity index (χ4n) is 2.36. The predicted octanol–water partition coefficient (Wildman–Crippen LogP) is 3.36. The smallest absolute Gasteiger partial charge is 0.277 e. The molecule has 0 bridgehead atoms. The summed E-state index contributed by atoms with van der Waals surface area (Å²) in [7, 11) is 3.10. The van der Waals surface area contributed by atoms with Crippen LogP contribution >= 0.6 is 11.8 Å². The minimum absolute atomic E-state index is 0.0567. The van der Waals surface area contributed by atoms with E-state index in [4.69, 9.17) is 19.2 Å². The van der Waals surface area contributed by atoms with E-state index >= 15 is 0 Å². The number of para-hydroxylation sites is 1. The van der Waals surface area contributed by atoms with Gasteiger partial charge < -0.3 is 19.2 Å². The number of methoxy groups -OCH3 is 2. The van der Waals surface area contributed by atoms with Gasteiger partial charge in [-0.3, -0.25) is 4.79 Å². The van der Waals surface area contributed by atoms with Gasteiger partial charge in [-0.2, -0.15) is 5.26 Å². The second-order valence-corrected chi connectivity index (χ2v) is 6.36. The van der Waals surface area contributed by atoms with Gasteiger partial charge in [0.1, 0.15) is 17.6 Å². The van der Waals surface area contributed by atoms with Crippen molar-refractivity contribution in [3.8, 4) is 29.0 Å². The first-order chi connectivity index (χ1) is 13.6. The van der Waals surface area contributed by atoms with E-state index < -0.39 is 0 Å². The maximum atomic E-state index is 12.1. The normalized spacial score (nSPS) is 10.2. The minimum atomic E-state index is -0.283. The van der Waals surface area contributed by atoms with Crippen LogP contribution in [0.1, 0.15) is 5.56 Å². The number of nitriles is 1. The van der Waals surface area contributed by atoms with Crippen LogP contribution in [0.25, 0.3) is 11.5 Å². The summed E-state index contributed by atoms with van der Waals surface area (Å²) >= 11 is 1.10. The van der Waals surface area contributed by atoms with Gasteiger partial charge in [0.2, 0.25) is 5.91 Å². The summed E-state index contributed by atoms with van der Waals surface area (Å²) in [5, 5.41) is 20.0. The fraction of sp³-hybridized carbons (Fsp3) is 0.158. The Labute approximate surface area is 165 Å². The molecule has 0 fully saturated rings. The van der Waals surface area contributed by atoms with Gasteiger partial charge in [0.15, 0.2) is 0 Å². The van der Waals surface area contributed by atoms with Crippen molar-refractivity contribution in [2.45, 2.75) is 5.22 Å². The van der Waals surface area contributed by atoms with Gasteiger partial charge in [-0.15, -0.1) is 10.2 Å². The molecule has 8 nitrogen and oxygen atoms in total. The van der Waals surface area contributed by atoms with E-state index in [0.29, 0.717) is 28.3 Å². The fourth-order valence-corrected chi connectivity index (χ4v) is 2.92. The number of ether oxygens (including phenoxy) is 2. The summed E-state index contributed by atoms with van der Waals surface area (Å²) in [4.78, 5) is 12.1. The standard InChI is InChI=1S/C19H16N4O4S/c1-25-13-7-8-14(16(9-13)26-2)18-22-23-19(27-18)28-11-17(24)21-15-6-4-3-5-12(15)10-20/h3-9H,11H2,1-2H3,(H,21,24). The van der Waals surface area contributed by atoms with E-state index in [-0.39, 0.29) is 22.8 Å². The van der Waals surface area contributed by atoms with E-state index in [1.165, 1.54) is 7.11 Å². The lowest BCUT2D eigenvalue weighted by atomic mass is 10.2. The van der Waals surface area contributed by atoms with Crippen molar-refractivity contribution in [3.63, 3.8) is 0 Å². The maximum Gasteiger partial charge on any atom is 0.277 e. The molecule has 28 heavy (non-hydrogen) atoms. The number of aromatic nitrogens is 2. The van der Waals surface area contributed by atoms with Gasteiger partial charge in [-0.1, -0.05) is 23.9 Å². The van der Waals surface area contributed by atoms with Crippen molar-refractivity contribution >= 4 is 23.4 Å². The molecule has 1 aromatic heterocycles. The average molecular weight is 396 g/mol. The second kappa shape index (κ2) is 8.92. The number of hydrogen-bond acceptors (Lipinski definition) is 8. The SMILES string of the molecule is COc1ccc(-c2nnc(SCC(=O)Nc3ccccc3C#N)o2)c(OC)c1. The first kappa shape index (κ1) is 19.3. The second-order valence-electron chi connectivity index (χ2n) is 5.43. The topological polar surface area (TPSA) is 110 Å².